The first kappa shape index (κ1) is 22.0. The summed E-state index contributed by atoms with van der Waals surface area (Å²) < 4.78 is 0. The van der Waals surface area contributed by atoms with Gasteiger partial charge in [0.05, 0.1) is 0 Å². The van der Waals surface area contributed by atoms with Gasteiger partial charge >= 0.3 is 0 Å². The van der Waals surface area contributed by atoms with Crippen LogP contribution in [-0.2, 0) is 0 Å². The summed E-state index contributed by atoms with van der Waals surface area (Å²) in [6.45, 7) is 2.60. The highest BCUT2D eigenvalue weighted by Crippen LogP contribution is 2.25. The molecule has 0 amide bonds. The standard InChI is InChI=1S/C20H32N10S/c1-31-17-4-2-3-16(7-17)25-18-26-19(29-8-12(21)5-13(22)9-29)28-20(27-18)30-10-14(23)6-15(24)11-30/h2-4,7,12-15H,5-6,8-11,21-24H2,1H3,(H,25,26,27,28). The highest BCUT2D eigenvalue weighted by Gasteiger charge is 2.28. The normalized spacial score (nSPS) is 26.7. The highest BCUT2D eigenvalue weighted by atomic mass is 32.2. The monoisotopic (exact) mass is 444 g/mol. The lowest BCUT2D eigenvalue weighted by Crippen LogP contribution is -2.54. The van der Waals surface area contributed by atoms with Crippen LogP contribution in [-0.4, -0.2) is 71.6 Å². The van der Waals surface area contributed by atoms with Crippen molar-refractivity contribution in [1.29, 1.82) is 0 Å². The minimum Gasteiger partial charge on any atom is -0.338 e. The third-order valence-electron chi connectivity index (χ3n) is 5.53. The average Bonchev–Trinajstić information content (AvgIpc) is 2.72. The van der Waals surface area contributed by atoms with E-state index in [4.69, 9.17) is 37.9 Å². The second-order valence-corrected chi connectivity index (χ2v) is 9.32. The van der Waals surface area contributed by atoms with Crippen molar-refractivity contribution in [2.24, 2.45) is 22.9 Å². The molecule has 0 spiro atoms. The van der Waals surface area contributed by atoms with Crippen molar-refractivity contribution in [3.05, 3.63) is 24.3 Å². The summed E-state index contributed by atoms with van der Waals surface area (Å²) in [5, 5.41) is 3.33. The van der Waals surface area contributed by atoms with Gasteiger partial charge in [-0.25, -0.2) is 0 Å². The van der Waals surface area contributed by atoms with Gasteiger partial charge < -0.3 is 38.1 Å². The summed E-state index contributed by atoms with van der Waals surface area (Å²) >= 11 is 1.68. The third kappa shape index (κ3) is 5.55. The molecule has 2 saturated heterocycles. The summed E-state index contributed by atoms with van der Waals surface area (Å²) in [5.74, 6) is 1.59. The number of hydrogen-bond donors (Lipinski definition) is 5. The summed E-state index contributed by atoms with van der Waals surface area (Å²) in [6.07, 6.45) is 3.62. The Morgan fingerprint density at radius 1 is 0.839 bits per heavy atom. The van der Waals surface area contributed by atoms with Crippen LogP contribution in [0.1, 0.15) is 12.8 Å². The molecular formula is C20H32N10S. The molecule has 4 atom stereocenters. The lowest BCUT2D eigenvalue weighted by atomic mass is 10.0. The number of rotatable bonds is 5. The average molecular weight is 445 g/mol. The van der Waals surface area contributed by atoms with Gasteiger partial charge in [0, 0.05) is 60.9 Å². The highest BCUT2D eigenvalue weighted by molar-refractivity contribution is 7.98. The fourth-order valence-corrected chi connectivity index (χ4v) is 4.67. The molecule has 0 radical (unpaired) electrons. The van der Waals surface area contributed by atoms with E-state index < -0.39 is 0 Å². The van der Waals surface area contributed by atoms with E-state index in [9.17, 15) is 0 Å². The molecule has 3 heterocycles. The molecule has 10 nitrogen and oxygen atoms in total. The summed E-state index contributed by atoms with van der Waals surface area (Å²) in [7, 11) is 0. The molecule has 0 bridgehead atoms. The van der Waals surface area contributed by atoms with Crippen LogP contribution in [0.25, 0.3) is 0 Å². The predicted octanol–water partition coefficient (Wildman–Crippen LogP) is 0.0665. The summed E-state index contributed by atoms with van der Waals surface area (Å²) in [4.78, 5) is 19.4. The molecule has 2 fully saturated rings. The van der Waals surface area contributed by atoms with E-state index >= 15 is 0 Å². The van der Waals surface area contributed by atoms with Crippen LogP contribution in [0, 0.1) is 0 Å². The molecule has 2 aromatic rings. The Morgan fingerprint density at radius 3 is 1.84 bits per heavy atom. The molecule has 4 unspecified atom stereocenters. The van der Waals surface area contributed by atoms with Crippen LogP contribution in [0.3, 0.4) is 0 Å². The van der Waals surface area contributed by atoms with Crippen molar-refractivity contribution in [2.45, 2.75) is 41.9 Å². The van der Waals surface area contributed by atoms with Crippen molar-refractivity contribution < 1.29 is 0 Å². The van der Waals surface area contributed by atoms with Crippen molar-refractivity contribution in [3.8, 4) is 0 Å². The predicted molar refractivity (Wildman–Crippen MR) is 127 cm³/mol. The zero-order valence-corrected chi connectivity index (χ0v) is 18.6. The molecule has 1 aromatic heterocycles. The van der Waals surface area contributed by atoms with Crippen LogP contribution < -0.4 is 38.1 Å². The largest absolute Gasteiger partial charge is 0.338 e. The minimum absolute atomic E-state index is 0.0181. The van der Waals surface area contributed by atoms with E-state index in [1.54, 1.807) is 11.8 Å². The van der Waals surface area contributed by atoms with Gasteiger partial charge in [0.25, 0.3) is 0 Å². The summed E-state index contributed by atoms with van der Waals surface area (Å²) in [6, 6.07) is 8.04. The molecule has 11 heteroatoms. The van der Waals surface area contributed by atoms with Crippen molar-refractivity contribution in [2.75, 3.05) is 47.6 Å². The van der Waals surface area contributed by atoms with E-state index in [1.165, 1.54) is 0 Å². The first-order valence-electron chi connectivity index (χ1n) is 10.6. The van der Waals surface area contributed by atoms with E-state index in [0.29, 0.717) is 44.0 Å². The van der Waals surface area contributed by atoms with Gasteiger partial charge in [-0.15, -0.1) is 11.8 Å². The van der Waals surface area contributed by atoms with Gasteiger partial charge in [0.1, 0.15) is 0 Å². The third-order valence-corrected chi connectivity index (χ3v) is 6.26. The van der Waals surface area contributed by atoms with Crippen molar-refractivity contribution in [1.82, 2.24) is 15.0 Å². The second kappa shape index (κ2) is 9.53. The molecule has 168 valence electrons. The maximum Gasteiger partial charge on any atom is 0.233 e. The van der Waals surface area contributed by atoms with Crippen LogP contribution in [0.2, 0.25) is 0 Å². The van der Waals surface area contributed by atoms with E-state index in [-0.39, 0.29) is 24.2 Å². The molecule has 2 aliphatic rings. The number of thioether (sulfide) groups is 1. The quantitative estimate of drug-likeness (QED) is 0.397. The first-order valence-corrected chi connectivity index (χ1v) is 11.8. The Bertz CT molecular complexity index is 832. The molecule has 2 aliphatic heterocycles. The molecular weight excluding hydrogens is 412 g/mol. The van der Waals surface area contributed by atoms with Crippen LogP contribution in [0.5, 0.6) is 0 Å². The number of aromatic nitrogens is 3. The zero-order valence-electron chi connectivity index (χ0n) is 17.8. The first-order chi connectivity index (χ1) is 14.9. The molecule has 1 aromatic carbocycles. The van der Waals surface area contributed by atoms with Crippen molar-refractivity contribution >= 4 is 35.3 Å². The van der Waals surface area contributed by atoms with Crippen LogP contribution >= 0.6 is 11.8 Å². The van der Waals surface area contributed by atoms with Gasteiger partial charge in [-0.2, -0.15) is 15.0 Å². The van der Waals surface area contributed by atoms with E-state index in [1.807, 2.05) is 28.2 Å². The lowest BCUT2D eigenvalue weighted by Gasteiger charge is -2.37. The SMILES string of the molecule is CSc1cccc(Nc2nc(N3CC(N)CC(N)C3)nc(N3CC(N)CC(N)C3)n2)c1. The minimum atomic E-state index is -0.0181. The smallest absolute Gasteiger partial charge is 0.233 e. The number of nitrogens with two attached hydrogens (primary N) is 4. The number of anilines is 4. The molecule has 31 heavy (non-hydrogen) atoms. The fourth-order valence-electron chi connectivity index (χ4n) is 4.21. The maximum absolute atomic E-state index is 6.21. The number of nitrogens with zero attached hydrogens (tertiary/aromatic N) is 5. The van der Waals surface area contributed by atoms with Gasteiger partial charge in [0.15, 0.2) is 0 Å². The maximum atomic E-state index is 6.21. The lowest BCUT2D eigenvalue weighted by molar-refractivity contribution is 0.441. The number of nitrogens with one attached hydrogen (secondary N) is 1. The van der Waals surface area contributed by atoms with Crippen molar-refractivity contribution in [3.63, 3.8) is 0 Å². The zero-order chi connectivity index (χ0) is 22.0. The Morgan fingerprint density at radius 2 is 1.35 bits per heavy atom. The summed E-state index contributed by atoms with van der Waals surface area (Å²) in [5.41, 5.74) is 25.7. The topological polar surface area (TPSA) is 161 Å². The van der Waals surface area contributed by atoms with Crippen LogP contribution in [0.4, 0.5) is 23.5 Å². The van der Waals surface area contributed by atoms with Crippen LogP contribution in [0.15, 0.2) is 29.2 Å². The van der Waals surface area contributed by atoms with E-state index in [0.717, 1.165) is 23.4 Å². The Kier molecular flexibility index (Phi) is 6.77. The Labute approximate surface area is 187 Å². The van der Waals surface area contributed by atoms with E-state index in [2.05, 4.69) is 17.4 Å². The molecule has 9 N–H and O–H groups in total. The fraction of sp³-hybridized carbons (Fsp3) is 0.550. The van der Waals surface area contributed by atoms with Gasteiger partial charge in [0.2, 0.25) is 17.8 Å². The number of benzene rings is 1. The van der Waals surface area contributed by atoms with Gasteiger partial charge in [-0.3, -0.25) is 0 Å². The van der Waals surface area contributed by atoms with Gasteiger partial charge in [-0.1, -0.05) is 6.07 Å². The second-order valence-electron chi connectivity index (χ2n) is 8.44. The molecule has 4 rings (SSSR count). The molecule has 0 saturated carbocycles. The van der Waals surface area contributed by atoms with Gasteiger partial charge in [-0.05, 0) is 37.3 Å². The Balaban J connectivity index is 1.67. The number of hydrogen-bond acceptors (Lipinski definition) is 11. The molecule has 0 aliphatic carbocycles. The Hall–Kier alpha value is -2.18. The number of piperidine rings is 2.